The molecule has 5 N–H and O–H groups in total. The molecule has 2 unspecified atom stereocenters. The van der Waals surface area contributed by atoms with Gasteiger partial charge in [0.15, 0.2) is 23.2 Å². The maximum Gasteiger partial charge on any atom is 0.490 e. The first-order valence-corrected chi connectivity index (χ1v) is 14.2. The Labute approximate surface area is 205 Å². The number of H-pyrrole nitrogens is 1. The van der Waals surface area contributed by atoms with Crippen LogP contribution in [0.3, 0.4) is 0 Å². The molecule has 2 aromatic heterocycles. The summed E-state index contributed by atoms with van der Waals surface area (Å²) in [6.07, 6.45) is -1.91. The van der Waals surface area contributed by atoms with Crippen LogP contribution in [0.25, 0.3) is 21.6 Å². The van der Waals surface area contributed by atoms with Crippen LogP contribution >= 0.6 is 23.5 Å². The zero-order valence-electron chi connectivity index (χ0n) is 18.7. The van der Waals surface area contributed by atoms with E-state index in [1.807, 2.05) is 0 Å². The number of ether oxygens (including phenoxy) is 1. The average molecular weight is 588 g/mol. The summed E-state index contributed by atoms with van der Waals surface area (Å²) in [5, 5.41) is 7.05. The summed E-state index contributed by atoms with van der Waals surface area (Å²) in [7, 11) is -16.7. The minimum absolute atomic E-state index is 0.00199. The monoisotopic (exact) mass is 588 g/mol. The van der Waals surface area contributed by atoms with Crippen molar-refractivity contribution < 1.29 is 56.0 Å². The number of aromatic amines is 1. The van der Waals surface area contributed by atoms with Crippen molar-refractivity contribution in [3.05, 3.63) is 27.1 Å². The van der Waals surface area contributed by atoms with Crippen LogP contribution in [0.5, 0.6) is 0 Å². The fourth-order valence-corrected chi connectivity index (χ4v) is 6.02. The molecule has 2 aromatic rings. The number of nitrogens with one attached hydrogen (secondary N) is 1. The molecular formula is C13H19N8O13P3. The Kier molecular flexibility index (Phi) is 8.71. The van der Waals surface area contributed by atoms with E-state index < -0.39 is 54.1 Å². The first-order valence-electron chi connectivity index (χ1n) is 9.72. The van der Waals surface area contributed by atoms with Gasteiger partial charge in [-0.25, -0.2) is 23.7 Å². The van der Waals surface area contributed by atoms with E-state index in [0.29, 0.717) is 5.71 Å². The van der Waals surface area contributed by atoms with Crippen LogP contribution in [-0.2, 0) is 36.4 Å². The van der Waals surface area contributed by atoms with Crippen LogP contribution in [0, 0.1) is 0 Å². The number of azide groups is 1. The molecule has 1 aliphatic heterocycles. The highest BCUT2D eigenvalue weighted by molar-refractivity contribution is 7.66. The van der Waals surface area contributed by atoms with Crippen LogP contribution in [0.1, 0.15) is 26.5 Å². The maximum absolute atomic E-state index is 12.2. The number of hydrogen-bond acceptors (Lipinski definition) is 13. The van der Waals surface area contributed by atoms with Gasteiger partial charge in [-0.2, -0.15) is 8.62 Å². The SMILES string of the molecule is CC(C)=NO[C@@H]1C[C@H](n2cnc3c(=O)[nH]c(N=[N+]=[N-])nc32)O[C@@H]1COP(=O)(O)OP(=O)(O)OP(=O)(O)O. The third-order valence-corrected chi connectivity index (χ3v) is 8.04. The summed E-state index contributed by atoms with van der Waals surface area (Å²) in [5.41, 5.74) is 8.26. The summed E-state index contributed by atoms with van der Waals surface area (Å²) in [4.78, 5) is 66.6. The molecule has 1 saturated heterocycles. The van der Waals surface area contributed by atoms with Gasteiger partial charge in [-0.1, -0.05) is 5.16 Å². The molecule has 0 amide bonds. The van der Waals surface area contributed by atoms with E-state index in [0.717, 1.165) is 0 Å². The number of phosphoric acid groups is 3. The van der Waals surface area contributed by atoms with Crippen molar-refractivity contribution in [2.75, 3.05) is 6.61 Å². The number of fused-ring (bicyclic) bond motifs is 1. The van der Waals surface area contributed by atoms with Crippen molar-refractivity contribution in [2.24, 2.45) is 10.3 Å². The maximum atomic E-state index is 12.2. The second-order valence-electron chi connectivity index (χ2n) is 7.34. The number of rotatable bonds is 11. The summed E-state index contributed by atoms with van der Waals surface area (Å²) in [6.45, 7) is 2.42. The molecule has 1 fully saturated rings. The highest BCUT2D eigenvalue weighted by Gasteiger charge is 2.44. The predicted octanol–water partition coefficient (Wildman–Crippen LogP) is 1.47. The Morgan fingerprint density at radius 2 is 1.97 bits per heavy atom. The van der Waals surface area contributed by atoms with E-state index in [-0.39, 0.29) is 23.5 Å². The van der Waals surface area contributed by atoms with Gasteiger partial charge in [0, 0.05) is 11.3 Å². The number of oxime groups is 1. The van der Waals surface area contributed by atoms with Crippen LogP contribution in [0.2, 0.25) is 0 Å². The lowest BCUT2D eigenvalue weighted by atomic mass is 10.2. The minimum atomic E-state index is -5.71. The van der Waals surface area contributed by atoms with Gasteiger partial charge in [-0.05, 0) is 24.5 Å². The molecule has 21 nitrogen and oxygen atoms in total. The molecule has 0 aliphatic carbocycles. The first-order chi connectivity index (χ1) is 17.1. The smallest absolute Gasteiger partial charge is 0.389 e. The van der Waals surface area contributed by atoms with E-state index in [1.165, 1.54) is 10.9 Å². The number of aromatic nitrogens is 4. The summed E-state index contributed by atoms with van der Waals surface area (Å²) in [5.74, 6) is -0.344. The van der Waals surface area contributed by atoms with E-state index >= 15 is 0 Å². The van der Waals surface area contributed by atoms with E-state index in [2.05, 4.69) is 43.3 Å². The van der Waals surface area contributed by atoms with Gasteiger partial charge in [-0.15, -0.1) is 0 Å². The molecule has 37 heavy (non-hydrogen) atoms. The summed E-state index contributed by atoms with van der Waals surface area (Å²) in [6, 6.07) is 0. The molecule has 3 rings (SSSR count). The van der Waals surface area contributed by atoms with Crippen molar-refractivity contribution in [1.82, 2.24) is 19.5 Å². The van der Waals surface area contributed by atoms with Crippen molar-refractivity contribution in [3.8, 4) is 0 Å². The first kappa shape index (κ1) is 29.1. The van der Waals surface area contributed by atoms with Crippen molar-refractivity contribution in [1.29, 1.82) is 0 Å². The van der Waals surface area contributed by atoms with Crippen molar-refractivity contribution in [3.63, 3.8) is 0 Å². The van der Waals surface area contributed by atoms with Crippen LogP contribution < -0.4 is 5.56 Å². The molecule has 3 heterocycles. The lowest BCUT2D eigenvalue weighted by molar-refractivity contribution is -0.0586. The van der Waals surface area contributed by atoms with Crippen molar-refractivity contribution >= 4 is 46.3 Å². The lowest BCUT2D eigenvalue weighted by Gasteiger charge is -2.20. The molecule has 0 spiro atoms. The van der Waals surface area contributed by atoms with Gasteiger partial charge < -0.3 is 34.1 Å². The largest absolute Gasteiger partial charge is 0.490 e. The zero-order chi connectivity index (χ0) is 27.6. The second-order valence-corrected chi connectivity index (χ2v) is 11.8. The molecule has 1 aliphatic rings. The quantitative estimate of drug-likeness (QED) is 0.0620. The highest BCUT2D eigenvalue weighted by Crippen LogP contribution is 2.66. The molecular weight excluding hydrogens is 569 g/mol. The summed E-state index contributed by atoms with van der Waals surface area (Å²) >= 11 is 0. The summed E-state index contributed by atoms with van der Waals surface area (Å²) < 4.78 is 53.4. The molecule has 0 radical (unpaired) electrons. The number of phosphoric ester groups is 1. The third-order valence-electron chi connectivity index (χ3n) is 4.24. The molecule has 0 aromatic carbocycles. The standard InChI is InChI=1S/C13H19N8O13P3/c1-6(2)19-32-7-3-9(21-5-15-10-11(21)16-13(18-20-14)17-12(10)22)31-8(7)4-30-36(26,27)34-37(28,29)33-35(23,24)25/h5,7-9H,3-4H2,1-2H3,(H,26,27)(H,28,29)(H,16,17,22)(H2,23,24,25)/t7-,8-,9-/m1/s1. The van der Waals surface area contributed by atoms with Gasteiger partial charge in [0.05, 0.1) is 18.6 Å². The Morgan fingerprint density at radius 1 is 1.27 bits per heavy atom. The minimum Gasteiger partial charge on any atom is -0.389 e. The van der Waals surface area contributed by atoms with E-state index in [1.54, 1.807) is 13.8 Å². The van der Waals surface area contributed by atoms with Gasteiger partial charge >= 0.3 is 23.5 Å². The number of nitrogens with zero attached hydrogens (tertiary/aromatic N) is 7. The van der Waals surface area contributed by atoms with Crippen LogP contribution in [0.15, 0.2) is 21.4 Å². The van der Waals surface area contributed by atoms with Crippen molar-refractivity contribution in [2.45, 2.75) is 38.7 Å². The zero-order valence-corrected chi connectivity index (χ0v) is 21.3. The lowest BCUT2D eigenvalue weighted by Crippen LogP contribution is -2.28. The third kappa shape index (κ3) is 7.99. The Hall–Kier alpha value is -2.50. The van der Waals surface area contributed by atoms with E-state index in [9.17, 15) is 28.3 Å². The molecule has 5 atom stereocenters. The second kappa shape index (κ2) is 11.1. The highest BCUT2D eigenvalue weighted by atomic mass is 31.3. The fourth-order valence-electron chi connectivity index (χ4n) is 2.99. The van der Waals surface area contributed by atoms with Crippen LogP contribution in [-0.4, -0.2) is 63.6 Å². The predicted molar refractivity (Wildman–Crippen MR) is 119 cm³/mol. The fraction of sp³-hybridized carbons (Fsp3) is 0.538. The van der Waals surface area contributed by atoms with E-state index in [4.69, 9.17) is 24.9 Å². The Morgan fingerprint density at radius 3 is 2.59 bits per heavy atom. The van der Waals surface area contributed by atoms with Gasteiger partial charge in [0.1, 0.15) is 12.3 Å². The Bertz CT molecular complexity index is 1440. The normalized spacial score (nSPS) is 23.1. The molecule has 0 bridgehead atoms. The average Bonchev–Trinajstić information content (AvgIpc) is 3.32. The van der Waals surface area contributed by atoms with Gasteiger partial charge in [0.25, 0.3) is 5.56 Å². The Balaban J connectivity index is 1.82. The topological polar surface area (TPSA) is 303 Å². The van der Waals surface area contributed by atoms with Gasteiger partial charge in [0.2, 0.25) is 0 Å². The number of imidazole rings is 1. The molecule has 24 heteroatoms. The number of hydrogen-bond donors (Lipinski definition) is 5. The van der Waals surface area contributed by atoms with Crippen LogP contribution in [0.4, 0.5) is 5.95 Å². The van der Waals surface area contributed by atoms with Gasteiger partial charge in [-0.3, -0.25) is 13.9 Å². The molecule has 204 valence electrons. The molecule has 0 saturated carbocycles.